The van der Waals surface area contributed by atoms with Crippen LogP contribution >= 0.6 is 0 Å². The Morgan fingerprint density at radius 2 is 2.00 bits per heavy atom. The molecule has 0 radical (unpaired) electrons. The fourth-order valence-corrected chi connectivity index (χ4v) is 2.69. The van der Waals surface area contributed by atoms with E-state index in [2.05, 4.69) is 25.9 Å². The molecule has 1 unspecified atom stereocenters. The summed E-state index contributed by atoms with van der Waals surface area (Å²) in [5, 5.41) is 4.54. The summed E-state index contributed by atoms with van der Waals surface area (Å²) in [7, 11) is 2.02. The summed E-state index contributed by atoms with van der Waals surface area (Å²) >= 11 is 0. The molecule has 1 aromatic rings. The van der Waals surface area contributed by atoms with Gasteiger partial charge in [0.1, 0.15) is 5.82 Å². The Morgan fingerprint density at radius 1 is 1.32 bits per heavy atom. The zero-order valence-corrected chi connectivity index (χ0v) is 12.8. The maximum Gasteiger partial charge on any atom is 0.154 e. The van der Waals surface area contributed by atoms with E-state index >= 15 is 0 Å². The first kappa shape index (κ1) is 14.5. The fourth-order valence-electron chi connectivity index (χ4n) is 2.69. The van der Waals surface area contributed by atoms with Crippen molar-refractivity contribution in [2.24, 2.45) is 24.1 Å². The lowest BCUT2D eigenvalue weighted by Gasteiger charge is -2.30. The Labute approximate surface area is 116 Å². The summed E-state index contributed by atoms with van der Waals surface area (Å²) in [6.07, 6.45) is 5.79. The number of hydrogen-bond acceptors (Lipinski definition) is 3. The van der Waals surface area contributed by atoms with Gasteiger partial charge in [-0.15, -0.1) is 0 Å². The summed E-state index contributed by atoms with van der Waals surface area (Å²) in [5.74, 6) is 3.48. The number of aryl methyl sites for hydroxylation is 2. The third kappa shape index (κ3) is 3.78. The molecule has 0 bridgehead atoms. The van der Waals surface area contributed by atoms with Gasteiger partial charge in [-0.25, -0.2) is 4.98 Å². The fraction of sp³-hybridized carbons (Fsp3) is 0.867. The van der Waals surface area contributed by atoms with E-state index in [4.69, 9.17) is 10.7 Å². The quantitative estimate of drug-likeness (QED) is 0.859. The summed E-state index contributed by atoms with van der Waals surface area (Å²) in [6.45, 7) is 7.69. The molecule has 108 valence electrons. The van der Waals surface area contributed by atoms with Crippen LogP contribution in [0.2, 0.25) is 0 Å². The zero-order valence-electron chi connectivity index (χ0n) is 12.8. The number of nitrogens with zero attached hydrogens (tertiary/aromatic N) is 3. The van der Waals surface area contributed by atoms with Crippen LogP contribution in [0.1, 0.15) is 64.0 Å². The molecule has 1 aliphatic carbocycles. The van der Waals surface area contributed by atoms with Crippen molar-refractivity contribution in [2.45, 2.75) is 58.8 Å². The number of hydrogen-bond donors (Lipinski definition) is 1. The van der Waals surface area contributed by atoms with Gasteiger partial charge in [-0.05, 0) is 43.6 Å². The zero-order chi connectivity index (χ0) is 14.0. The number of aromatic nitrogens is 3. The number of nitrogens with two attached hydrogens (primary N) is 1. The van der Waals surface area contributed by atoms with Crippen LogP contribution < -0.4 is 5.73 Å². The first-order chi connectivity index (χ1) is 8.91. The molecular formula is C15H28N4. The number of rotatable bonds is 6. The van der Waals surface area contributed by atoms with E-state index in [0.29, 0.717) is 17.3 Å². The molecular weight excluding hydrogens is 236 g/mol. The third-order valence-corrected chi connectivity index (χ3v) is 4.27. The van der Waals surface area contributed by atoms with Crippen LogP contribution in [0.3, 0.4) is 0 Å². The van der Waals surface area contributed by atoms with E-state index in [0.717, 1.165) is 37.5 Å². The molecule has 1 aromatic heterocycles. The van der Waals surface area contributed by atoms with Crippen LogP contribution in [-0.2, 0) is 13.5 Å². The molecule has 1 atom stereocenters. The van der Waals surface area contributed by atoms with Gasteiger partial charge in [0.05, 0.1) is 0 Å². The Kier molecular flexibility index (Phi) is 4.29. The van der Waals surface area contributed by atoms with Gasteiger partial charge in [-0.2, -0.15) is 5.10 Å². The lowest BCUT2D eigenvalue weighted by atomic mass is 9.76. The Hall–Kier alpha value is -0.900. The van der Waals surface area contributed by atoms with Crippen LogP contribution in [0.25, 0.3) is 0 Å². The van der Waals surface area contributed by atoms with Crippen molar-refractivity contribution in [1.82, 2.24) is 14.8 Å². The van der Waals surface area contributed by atoms with Crippen molar-refractivity contribution in [1.29, 1.82) is 0 Å². The van der Waals surface area contributed by atoms with Crippen LogP contribution in [0.15, 0.2) is 0 Å². The molecule has 4 heteroatoms. The molecule has 2 N–H and O–H groups in total. The normalized spacial score (nSPS) is 17.7. The van der Waals surface area contributed by atoms with Crippen molar-refractivity contribution in [2.75, 3.05) is 6.54 Å². The van der Waals surface area contributed by atoms with Crippen LogP contribution in [0.4, 0.5) is 0 Å². The first-order valence-corrected chi connectivity index (χ1v) is 7.51. The highest BCUT2D eigenvalue weighted by atomic mass is 15.3. The topological polar surface area (TPSA) is 56.7 Å². The summed E-state index contributed by atoms with van der Waals surface area (Å²) in [5.41, 5.74) is 6.06. The largest absolute Gasteiger partial charge is 0.330 e. The highest BCUT2D eigenvalue weighted by Crippen LogP contribution is 2.38. The second-order valence-electron chi connectivity index (χ2n) is 6.96. The van der Waals surface area contributed by atoms with Gasteiger partial charge in [0.15, 0.2) is 5.82 Å². The molecule has 0 amide bonds. The second-order valence-corrected chi connectivity index (χ2v) is 6.96. The summed E-state index contributed by atoms with van der Waals surface area (Å²) in [6, 6.07) is 0. The molecule has 1 aliphatic rings. The maximum absolute atomic E-state index is 5.74. The average Bonchev–Trinajstić information content (AvgIpc) is 3.08. The van der Waals surface area contributed by atoms with Gasteiger partial charge in [-0.1, -0.05) is 20.8 Å². The smallest absolute Gasteiger partial charge is 0.154 e. The molecule has 0 aromatic carbocycles. The second kappa shape index (κ2) is 5.61. The van der Waals surface area contributed by atoms with Gasteiger partial charge >= 0.3 is 0 Å². The minimum atomic E-state index is 0.317. The van der Waals surface area contributed by atoms with Gasteiger partial charge in [0.25, 0.3) is 0 Å². The minimum Gasteiger partial charge on any atom is -0.330 e. The molecule has 1 fully saturated rings. The molecule has 0 spiro atoms. The Morgan fingerprint density at radius 3 is 2.53 bits per heavy atom. The standard InChI is InChI=1S/C15H28N4/c1-15(2,3)12(9-10-16)7-8-13-17-14(11-5-6-11)18-19(13)4/h11-12H,5-10,16H2,1-4H3. The molecule has 0 aliphatic heterocycles. The predicted octanol–water partition coefficient (Wildman–Crippen LogP) is 2.64. The SMILES string of the molecule is Cn1nc(C2CC2)nc1CCC(CCN)C(C)(C)C. The van der Waals surface area contributed by atoms with E-state index in [1.165, 1.54) is 12.8 Å². The van der Waals surface area contributed by atoms with E-state index in [-0.39, 0.29) is 0 Å². The highest BCUT2D eigenvalue weighted by molar-refractivity contribution is 5.06. The average molecular weight is 264 g/mol. The molecule has 1 saturated carbocycles. The van der Waals surface area contributed by atoms with Gasteiger partial charge in [0.2, 0.25) is 0 Å². The molecule has 1 heterocycles. The van der Waals surface area contributed by atoms with Crippen LogP contribution in [0, 0.1) is 11.3 Å². The molecule has 4 nitrogen and oxygen atoms in total. The first-order valence-electron chi connectivity index (χ1n) is 7.51. The summed E-state index contributed by atoms with van der Waals surface area (Å²) in [4.78, 5) is 4.71. The van der Waals surface area contributed by atoms with E-state index in [9.17, 15) is 0 Å². The Balaban J connectivity index is 1.96. The van der Waals surface area contributed by atoms with Crippen molar-refractivity contribution < 1.29 is 0 Å². The Bertz CT molecular complexity index is 412. The van der Waals surface area contributed by atoms with Crippen molar-refractivity contribution in [3.8, 4) is 0 Å². The van der Waals surface area contributed by atoms with Crippen LogP contribution in [0.5, 0.6) is 0 Å². The van der Waals surface area contributed by atoms with Gasteiger partial charge in [0, 0.05) is 19.4 Å². The van der Waals surface area contributed by atoms with Crippen molar-refractivity contribution >= 4 is 0 Å². The molecule has 2 rings (SSSR count). The highest BCUT2D eigenvalue weighted by Gasteiger charge is 2.29. The molecule has 0 saturated heterocycles. The lowest BCUT2D eigenvalue weighted by molar-refractivity contribution is 0.213. The van der Waals surface area contributed by atoms with E-state index in [1.54, 1.807) is 0 Å². The predicted molar refractivity (Wildman–Crippen MR) is 77.9 cm³/mol. The monoisotopic (exact) mass is 264 g/mol. The molecule has 19 heavy (non-hydrogen) atoms. The minimum absolute atomic E-state index is 0.317. The third-order valence-electron chi connectivity index (χ3n) is 4.27. The van der Waals surface area contributed by atoms with Gasteiger partial charge < -0.3 is 5.73 Å². The van der Waals surface area contributed by atoms with Crippen LogP contribution in [-0.4, -0.2) is 21.3 Å². The van der Waals surface area contributed by atoms with Crippen molar-refractivity contribution in [3.05, 3.63) is 11.6 Å². The van der Waals surface area contributed by atoms with Gasteiger partial charge in [-0.3, -0.25) is 4.68 Å². The maximum atomic E-state index is 5.74. The lowest BCUT2D eigenvalue weighted by Crippen LogP contribution is -2.24. The van der Waals surface area contributed by atoms with Crippen molar-refractivity contribution in [3.63, 3.8) is 0 Å². The summed E-state index contributed by atoms with van der Waals surface area (Å²) < 4.78 is 1.97. The van der Waals surface area contributed by atoms with E-state index < -0.39 is 0 Å². The van der Waals surface area contributed by atoms with E-state index in [1.807, 2.05) is 11.7 Å².